The Morgan fingerprint density at radius 3 is 2.04 bits per heavy atom. The first kappa shape index (κ1) is 16.0. The van der Waals surface area contributed by atoms with Crippen molar-refractivity contribution in [2.24, 2.45) is 0 Å². The van der Waals surface area contributed by atoms with Gasteiger partial charge in [0.2, 0.25) is 0 Å². The monoisotopic (exact) mass is 315 g/mol. The molecule has 0 aliphatic rings. The van der Waals surface area contributed by atoms with Crippen molar-refractivity contribution in [3.63, 3.8) is 0 Å². The highest BCUT2D eigenvalue weighted by atomic mass is 16.1. The van der Waals surface area contributed by atoms with Gasteiger partial charge in [0.25, 0.3) is 5.91 Å². The van der Waals surface area contributed by atoms with E-state index in [1.54, 1.807) is 0 Å². The van der Waals surface area contributed by atoms with Gasteiger partial charge in [-0.1, -0.05) is 66.2 Å². The minimum absolute atomic E-state index is 0.0792. The smallest absolute Gasteiger partial charge is 0.256 e. The summed E-state index contributed by atoms with van der Waals surface area (Å²) in [5.74, 6) is -0.0792. The molecule has 0 fully saturated rings. The van der Waals surface area contributed by atoms with E-state index in [1.807, 2.05) is 68.4 Å². The lowest BCUT2D eigenvalue weighted by Crippen LogP contribution is -2.15. The molecule has 1 N–H and O–H groups in total. The minimum Gasteiger partial charge on any atom is -0.321 e. The largest absolute Gasteiger partial charge is 0.321 e. The topological polar surface area (TPSA) is 29.1 Å². The number of rotatable bonds is 3. The average Bonchev–Trinajstić information content (AvgIpc) is 2.58. The summed E-state index contributed by atoms with van der Waals surface area (Å²) < 4.78 is 0. The van der Waals surface area contributed by atoms with Crippen LogP contribution in [0.5, 0.6) is 0 Å². The maximum absolute atomic E-state index is 12.9. The molecule has 0 atom stereocenters. The summed E-state index contributed by atoms with van der Waals surface area (Å²) in [5, 5.41) is 3.09. The van der Waals surface area contributed by atoms with Crippen molar-refractivity contribution in [1.29, 1.82) is 0 Å². The van der Waals surface area contributed by atoms with Gasteiger partial charge in [-0.05, 0) is 49.1 Å². The van der Waals surface area contributed by atoms with Gasteiger partial charge < -0.3 is 5.32 Å². The van der Waals surface area contributed by atoms with E-state index in [0.29, 0.717) is 5.56 Å². The second-order valence-corrected chi connectivity index (χ2v) is 6.14. The van der Waals surface area contributed by atoms with Crippen LogP contribution in [-0.2, 0) is 0 Å². The number of aryl methyl sites for hydroxylation is 3. The van der Waals surface area contributed by atoms with E-state index >= 15 is 0 Å². The van der Waals surface area contributed by atoms with Crippen LogP contribution in [0.4, 0.5) is 5.69 Å². The lowest BCUT2D eigenvalue weighted by atomic mass is 9.98. The number of hydrogen-bond acceptors (Lipinski definition) is 1. The van der Waals surface area contributed by atoms with Crippen molar-refractivity contribution in [2.45, 2.75) is 20.8 Å². The van der Waals surface area contributed by atoms with Crippen LogP contribution in [0, 0.1) is 20.8 Å². The molecule has 0 unspecified atom stereocenters. The SMILES string of the molecule is Cc1cc(C)c(NC(=O)c2ccccc2-c2ccccc2)c(C)c1. The molecule has 3 aromatic rings. The number of hydrogen-bond donors (Lipinski definition) is 1. The molecule has 0 aliphatic carbocycles. The van der Waals surface area contributed by atoms with Crippen molar-refractivity contribution < 1.29 is 4.79 Å². The van der Waals surface area contributed by atoms with Crippen molar-refractivity contribution in [3.8, 4) is 11.1 Å². The van der Waals surface area contributed by atoms with Crippen LogP contribution < -0.4 is 5.32 Å². The van der Waals surface area contributed by atoms with E-state index in [2.05, 4.69) is 24.4 Å². The Balaban J connectivity index is 1.98. The van der Waals surface area contributed by atoms with Crippen LogP contribution in [0.3, 0.4) is 0 Å². The molecule has 0 saturated heterocycles. The second kappa shape index (κ2) is 6.71. The van der Waals surface area contributed by atoms with Crippen molar-refractivity contribution in [2.75, 3.05) is 5.32 Å². The minimum atomic E-state index is -0.0792. The van der Waals surface area contributed by atoms with Crippen molar-refractivity contribution in [3.05, 3.63) is 89.0 Å². The van der Waals surface area contributed by atoms with Gasteiger partial charge in [0.15, 0.2) is 0 Å². The zero-order valence-corrected chi connectivity index (χ0v) is 14.3. The van der Waals surface area contributed by atoms with E-state index in [9.17, 15) is 4.79 Å². The Kier molecular flexibility index (Phi) is 4.48. The van der Waals surface area contributed by atoms with Crippen molar-refractivity contribution >= 4 is 11.6 Å². The van der Waals surface area contributed by atoms with Crippen LogP contribution in [0.2, 0.25) is 0 Å². The molecule has 2 heteroatoms. The van der Waals surface area contributed by atoms with E-state index in [0.717, 1.165) is 27.9 Å². The Morgan fingerprint density at radius 1 is 0.792 bits per heavy atom. The fourth-order valence-electron chi connectivity index (χ4n) is 3.11. The quantitative estimate of drug-likeness (QED) is 0.676. The Bertz CT molecular complexity index is 858. The normalized spacial score (nSPS) is 10.5. The zero-order valence-electron chi connectivity index (χ0n) is 14.3. The third-order valence-corrected chi connectivity index (χ3v) is 4.17. The summed E-state index contributed by atoms with van der Waals surface area (Å²) in [6.07, 6.45) is 0. The molecular weight excluding hydrogens is 294 g/mol. The molecule has 1 amide bonds. The molecule has 0 saturated carbocycles. The molecule has 0 aromatic heterocycles. The number of benzene rings is 3. The Morgan fingerprint density at radius 2 is 1.38 bits per heavy atom. The third kappa shape index (κ3) is 3.23. The van der Waals surface area contributed by atoms with Crippen LogP contribution >= 0.6 is 0 Å². The van der Waals surface area contributed by atoms with E-state index in [1.165, 1.54) is 5.56 Å². The molecule has 0 aliphatic heterocycles. The van der Waals surface area contributed by atoms with E-state index in [4.69, 9.17) is 0 Å². The molecule has 0 spiro atoms. The Labute approximate surface area is 143 Å². The Hall–Kier alpha value is -2.87. The highest BCUT2D eigenvalue weighted by molar-refractivity contribution is 6.09. The molecular formula is C22H21NO. The maximum Gasteiger partial charge on any atom is 0.256 e. The van der Waals surface area contributed by atoms with Gasteiger partial charge in [-0.15, -0.1) is 0 Å². The summed E-state index contributed by atoms with van der Waals surface area (Å²) in [6, 6.07) is 21.9. The number of carbonyl (C=O) groups is 1. The standard InChI is InChI=1S/C22H21NO/c1-15-13-16(2)21(17(3)14-15)23-22(24)20-12-8-7-11-19(20)18-9-5-4-6-10-18/h4-14H,1-3H3,(H,23,24). The molecule has 0 bridgehead atoms. The summed E-state index contributed by atoms with van der Waals surface area (Å²) >= 11 is 0. The zero-order chi connectivity index (χ0) is 17.1. The highest BCUT2D eigenvalue weighted by Gasteiger charge is 2.14. The maximum atomic E-state index is 12.9. The van der Waals surface area contributed by atoms with E-state index < -0.39 is 0 Å². The van der Waals surface area contributed by atoms with E-state index in [-0.39, 0.29) is 5.91 Å². The number of anilines is 1. The predicted molar refractivity (Wildman–Crippen MR) is 100 cm³/mol. The van der Waals surface area contributed by atoms with Crippen LogP contribution in [0.1, 0.15) is 27.0 Å². The number of nitrogens with one attached hydrogen (secondary N) is 1. The van der Waals surface area contributed by atoms with Crippen LogP contribution in [0.25, 0.3) is 11.1 Å². The third-order valence-electron chi connectivity index (χ3n) is 4.17. The van der Waals surface area contributed by atoms with Gasteiger partial charge in [0, 0.05) is 11.3 Å². The molecule has 3 rings (SSSR count). The fourth-order valence-corrected chi connectivity index (χ4v) is 3.11. The van der Waals surface area contributed by atoms with Gasteiger partial charge in [0.05, 0.1) is 0 Å². The molecule has 2 nitrogen and oxygen atoms in total. The van der Waals surface area contributed by atoms with Gasteiger partial charge in [-0.3, -0.25) is 4.79 Å². The predicted octanol–water partition coefficient (Wildman–Crippen LogP) is 5.53. The molecule has 120 valence electrons. The molecule has 3 aromatic carbocycles. The summed E-state index contributed by atoms with van der Waals surface area (Å²) in [5.41, 5.74) is 6.93. The van der Waals surface area contributed by atoms with Crippen LogP contribution in [-0.4, -0.2) is 5.91 Å². The van der Waals surface area contributed by atoms with Crippen LogP contribution in [0.15, 0.2) is 66.7 Å². The fraction of sp³-hybridized carbons (Fsp3) is 0.136. The van der Waals surface area contributed by atoms with Crippen molar-refractivity contribution in [1.82, 2.24) is 0 Å². The second-order valence-electron chi connectivity index (χ2n) is 6.14. The average molecular weight is 315 g/mol. The molecule has 0 radical (unpaired) electrons. The number of carbonyl (C=O) groups excluding carboxylic acids is 1. The van der Waals surface area contributed by atoms with Gasteiger partial charge in [-0.2, -0.15) is 0 Å². The van der Waals surface area contributed by atoms with Gasteiger partial charge >= 0.3 is 0 Å². The number of amides is 1. The lowest BCUT2D eigenvalue weighted by Gasteiger charge is -2.15. The molecule has 24 heavy (non-hydrogen) atoms. The summed E-state index contributed by atoms with van der Waals surface area (Å²) in [4.78, 5) is 12.9. The lowest BCUT2D eigenvalue weighted by molar-refractivity contribution is 0.102. The summed E-state index contributed by atoms with van der Waals surface area (Å²) in [6.45, 7) is 6.12. The highest BCUT2D eigenvalue weighted by Crippen LogP contribution is 2.26. The first-order valence-corrected chi connectivity index (χ1v) is 8.10. The van der Waals surface area contributed by atoms with Gasteiger partial charge in [0.1, 0.15) is 0 Å². The van der Waals surface area contributed by atoms with Gasteiger partial charge in [-0.25, -0.2) is 0 Å². The summed E-state index contributed by atoms with van der Waals surface area (Å²) in [7, 11) is 0. The first-order valence-electron chi connectivity index (χ1n) is 8.10. The first-order chi connectivity index (χ1) is 11.6. The molecule has 0 heterocycles.